The van der Waals surface area contributed by atoms with Crippen molar-refractivity contribution in [3.8, 4) is 0 Å². The molecule has 1 fully saturated rings. The molecule has 2 rings (SSSR count). The number of H-pyrrole nitrogens is 1. The molecule has 0 radical (unpaired) electrons. The van der Waals surface area contributed by atoms with Gasteiger partial charge in [-0.2, -0.15) is 0 Å². The average Bonchev–Trinajstić information content (AvgIpc) is 3.19. The number of hydrogen-bond acceptors (Lipinski definition) is 4. The van der Waals surface area contributed by atoms with Gasteiger partial charge in [0, 0.05) is 18.3 Å². The van der Waals surface area contributed by atoms with Gasteiger partial charge in [-0.1, -0.05) is 45.1 Å². The van der Waals surface area contributed by atoms with Gasteiger partial charge >= 0.3 is 0 Å². The van der Waals surface area contributed by atoms with Crippen LogP contribution in [0, 0.1) is 11.8 Å². The second-order valence-electron chi connectivity index (χ2n) is 7.95. The van der Waals surface area contributed by atoms with Crippen LogP contribution in [0.5, 0.6) is 0 Å². The zero-order valence-corrected chi connectivity index (χ0v) is 16.6. The maximum absolute atomic E-state index is 12.6. The smallest absolute Gasteiger partial charge is 0.237 e. The van der Waals surface area contributed by atoms with Gasteiger partial charge in [0.05, 0.1) is 24.5 Å². The minimum Gasteiger partial charge on any atom is -0.391 e. The van der Waals surface area contributed by atoms with Gasteiger partial charge < -0.3 is 21.1 Å². The molecule has 1 saturated carbocycles. The van der Waals surface area contributed by atoms with Gasteiger partial charge in [0.1, 0.15) is 0 Å². The van der Waals surface area contributed by atoms with E-state index in [4.69, 9.17) is 5.73 Å². The van der Waals surface area contributed by atoms with Gasteiger partial charge in [-0.05, 0) is 31.1 Å². The molecule has 152 valence electrons. The molecule has 1 aromatic heterocycles. The number of aromatic nitrogens is 2. The number of nitrogens with two attached hydrogens (primary N) is 1. The van der Waals surface area contributed by atoms with Gasteiger partial charge in [-0.15, -0.1) is 6.58 Å². The van der Waals surface area contributed by atoms with Crippen LogP contribution in [0.4, 0.5) is 0 Å². The Bertz CT molecular complexity index is 555. The van der Waals surface area contributed by atoms with E-state index in [1.165, 1.54) is 32.1 Å². The van der Waals surface area contributed by atoms with Gasteiger partial charge in [0.2, 0.25) is 5.91 Å². The molecule has 0 aliphatic heterocycles. The molecule has 0 unspecified atom stereocenters. The highest BCUT2D eigenvalue weighted by atomic mass is 16.3. The number of aliphatic hydroxyl groups excluding tert-OH is 1. The second kappa shape index (κ2) is 11.2. The van der Waals surface area contributed by atoms with Gasteiger partial charge in [0.25, 0.3) is 0 Å². The van der Waals surface area contributed by atoms with Crippen molar-refractivity contribution in [2.45, 2.75) is 82.9 Å². The van der Waals surface area contributed by atoms with Gasteiger partial charge in [0.15, 0.2) is 0 Å². The van der Waals surface area contributed by atoms with Gasteiger partial charge in [-0.3, -0.25) is 4.79 Å². The van der Waals surface area contributed by atoms with Crippen LogP contribution < -0.4 is 11.1 Å². The van der Waals surface area contributed by atoms with Crippen LogP contribution in [-0.4, -0.2) is 39.2 Å². The van der Waals surface area contributed by atoms with Crippen molar-refractivity contribution in [1.82, 2.24) is 15.3 Å². The average molecular weight is 377 g/mol. The molecule has 0 bridgehead atoms. The summed E-state index contributed by atoms with van der Waals surface area (Å²) in [7, 11) is 0. The normalized spacial score (nSPS) is 19.8. The fourth-order valence-electron chi connectivity index (χ4n) is 4.01. The Morgan fingerprint density at radius 3 is 2.81 bits per heavy atom. The lowest BCUT2D eigenvalue weighted by Crippen LogP contribution is -2.51. The summed E-state index contributed by atoms with van der Waals surface area (Å²) in [4.78, 5) is 19.6. The number of carbonyl (C=O) groups excluding carboxylic acids is 1. The fraction of sp³-hybridized carbons (Fsp3) is 0.714. The number of amides is 1. The monoisotopic (exact) mass is 376 g/mol. The Balaban J connectivity index is 1.98. The number of nitrogens with zero attached hydrogens (tertiary/aromatic N) is 1. The largest absolute Gasteiger partial charge is 0.391 e. The highest BCUT2D eigenvalue weighted by molar-refractivity contribution is 5.82. The summed E-state index contributed by atoms with van der Waals surface area (Å²) in [6.07, 6.45) is 13.5. The zero-order chi connectivity index (χ0) is 19.6. The summed E-state index contributed by atoms with van der Waals surface area (Å²) in [6.45, 7) is 5.95. The van der Waals surface area contributed by atoms with E-state index in [1.807, 2.05) is 6.08 Å². The third kappa shape index (κ3) is 7.11. The molecule has 0 saturated heterocycles. The van der Waals surface area contributed by atoms with Crippen molar-refractivity contribution >= 4 is 5.91 Å². The lowest BCUT2D eigenvalue weighted by molar-refractivity contribution is -0.124. The molecule has 4 atom stereocenters. The molecule has 1 heterocycles. The first-order chi connectivity index (χ1) is 13.0. The lowest BCUT2D eigenvalue weighted by atomic mass is 9.82. The third-order valence-corrected chi connectivity index (χ3v) is 5.84. The Morgan fingerprint density at radius 2 is 2.22 bits per heavy atom. The van der Waals surface area contributed by atoms with Crippen molar-refractivity contribution in [2.75, 3.05) is 0 Å². The first kappa shape index (κ1) is 21.6. The number of aliphatic hydroxyl groups is 1. The van der Waals surface area contributed by atoms with E-state index in [0.29, 0.717) is 18.8 Å². The van der Waals surface area contributed by atoms with Crippen molar-refractivity contribution in [3.63, 3.8) is 0 Å². The summed E-state index contributed by atoms with van der Waals surface area (Å²) in [6, 6.07) is -0.921. The molecule has 0 aromatic carbocycles. The second-order valence-corrected chi connectivity index (χ2v) is 7.95. The standard InChI is InChI=1S/C21H36N4O2/c1-3-15(4-2)11-20(26)19(10-16-8-6-5-7-9-16)25-21(27)18(22)12-17-13-23-14-24-17/h3,13-16,18-20,26H,1,4-12,22H2,2H3,(H,23,24)(H,25,27)/t15-,18+,19+,20+/m1/s1. The van der Waals surface area contributed by atoms with Crippen LogP contribution in [0.2, 0.25) is 0 Å². The number of nitrogens with one attached hydrogen (secondary N) is 2. The molecular weight excluding hydrogens is 340 g/mol. The Hall–Kier alpha value is -1.66. The Kier molecular flexibility index (Phi) is 9.01. The van der Waals surface area contributed by atoms with Crippen LogP contribution in [0.15, 0.2) is 25.2 Å². The maximum atomic E-state index is 12.6. The molecule has 1 aliphatic rings. The van der Waals surface area contributed by atoms with E-state index in [-0.39, 0.29) is 17.9 Å². The van der Waals surface area contributed by atoms with E-state index >= 15 is 0 Å². The van der Waals surface area contributed by atoms with Crippen LogP contribution in [-0.2, 0) is 11.2 Å². The molecule has 6 heteroatoms. The maximum Gasteiger partial charge on any atom is 0.237 e. The van der Waals surface area contributed by atoms with Crippen molar-refractivity contribution in [3.05, 3.63) is 30.9 Å². The molecule has 1 aromatic rings. The first-order valence-electron chi connectivity index (χ1n) is 10.4. The topological polar surface area (TPSA) is 104 Å². The summed E-state index contributed by atoms with van der Waals surface area (Å²) in [5.74, 6) is 0.604. The van der Waals surface area contributed by atoms with E-state index in [2.05, 4.69) is 28.8 Å². The molecule has 6 nitrogen and oxygen atoms in total. The Labute approximate surface area is 163 Å². The molecule has 1 amide bonds. The fourth-order valence-corrected chi connectivity index (χ4v) is 4.01. The number of imidazole rings is 1. The number of aromatic amines is 1. The number of hydrogen-bond donors (Lipinski definition) is 4. The third-order valence-electron chi connectivity index (χ3n) is 5.84. The summed E-state index contributed by atoms with van der Waals surface area (Å²) >= 11 is 0. The number of allylic oxidation sites excluding steroid dienone is 1. The molecule has 27 heavy (non-hydrogen) atoms. The van der Waals surface area contributed by atoms with E-state index in [0.717, 1.165) is 18.5 Å². The first-order valence-corrected chi connectivity index (χ1v) is 10.4. The Morgan fingerprint density at radius 1 is 1.48 bits per heavy atom. The SMILES string of the molecule is C=C[C@H](CC)C[C@H](O)[C@H](CC1CCCCC1)NC(=O)[C@@H](N)Cc1cnc[nH]1. The molecule has 5 N–H and O–H groups in total. The predicted octanol–water partition coefficient (Wildman–Crippen LogP) is 2.70. The summed E-state index contributed by atoms with van der Waals surface area (Å²) in [5.41, 5.74) is 6.92. The van der Waals surface area contributed by atoms with Crippen molar-refractivity contribution in [1.29, 1.82) is 0 Å². The van der Waals surface area contributed by atoms with Crippen LogP contribution in [0.1, 0.15) is 64.0 Å². The van der Waals surface area contributed by atoms with Crippen molar-refractivity contribution in [2.24, 2.45) is 17.6 Å². The highest BCUT2D eigenvalue weighted by Crippen LogP contribution is 2.29. The number of rotatable bonds is 11. The van der Waals surface area contributed by atoms with E-state index in [1.54, 1.807) is 12.5 Å². The summed E-state index contributed by atoms with van der Waals surface area (Å²) < 4.78 is 0. The molecular formula is C21H36N4O2. The predicted molar refractivity (Wildman–Crippen MR) is 108 cm³/mol. The highest BCUT2D eigenvalue weighted by Gasteiger charge is 2.28. The zero-order valence-electron chi connectivity index (χ0n) is 16.6. The molecule has 1 aliphatic carbocycles. The minimum atomic E-state index is -0.659. The molecule has 0 spiro atoms. The minimum absolute atomic E-state index is 0.212. The van der Waals surface area contributed by atoms with Gasteiger partial charge in [-0.25, -0.2) is 4.98 Å². The van der Waals surface area contributed by atoms with E-state index < -0.39 is 12.1 Å². The lowest BCUT2D eigenvalue weighted by Gasteiger charge is -2.32. The van der Waals surface area contributed by atoms with Crippen molar-refractivity contribution < 1.29 is 9.90 Å². The number of carbonyl (C=O) groups is 1. The quantitative estimate of drug-likeness (QED) is 0.446. The van der Waals surface area contributed by atoms with Crippen LogP contribution in [0.3, 0.4) is 0 Å². The van der Waals surface area contributed by atoms with Crippen LogP contribution >= 0.6 is 0 Å². The van der Waals surface area contributed by atoms with E-state index in [9.17, 15) is 9.90 Å². The summed E-state index contributed by atoms with van der Waals surface area (Å²) in [5, 5.41) is 13.9. The van der Waals surface area contributed by atoms with Crippen LogP contribution in [0.25, 0.3) is 0 Å².